The molecule has 2 aromatic carbocycles. The second-order valence-corrected chi connectivity index (χ2v) is 8.52. The minimum Gasteiger partial charge on any atom is -0.325 e. The van der Waals surface area contributed by atoms with Crippen molar-refractivity contribution in [1.82, 2.24) is 9.55 Å². The molecule has 1 N–H and O–H groups in total. The highest BCUT2D eigenvalue weighted by molar-refractivity contribution is 7.99. The maximum absolute atomic E-state index is 13.2. The van der Waals surface area contributed by atoms with E-state index in [2.05, 4.69) is 5.32 Å². The number of aromatic nitrogens is 2. The number of anilines is 1. The van der Waals surface area contributed by atoms with E-state index in [1.54, 1.807) is 0 Å². The van der Waals surface area contributed by atoms with Gasteiger partial charge in [0, 0.05) is 11.7 Å². The summed E-state index contributed by atoms with van der Waals surface area (Å²) in [7, 11) is 0. The summed E-state index contributed by atoms with van der Waals surface area (Å²) in [6.07, 6.45) is 5.45. The van der Waals surface area contributed by atoms with Gasteiger partial charge in [0.25, 0.3) is 5.56 Å². The summed E-state index contributed by atoms with van der Waals surface area (Å²) >= 11 is 1.34. The minimum absolute atomic E-state index is 0.00365. The molecule has 1 aliphatic rings. The molecule has 0 atom stereocenters. The molecular formula is C23H25N3O2S. The molecule has 1 aliphatic carbocycles. The van der Waals surface area contributed by atoms with Gasteiger partial charge in [-0.25, -0.2) is 4.98 Å². The first-order valence-electron chi connectivity index (χ1n) is 10.1. The van der Waals surface area contributed by atoms with Gasteiger partial charge in [0.2, 0.25) is 5.91 Å². The van der Waals surface area contributed by atoms with E-state index in [-0.39, 0.29) is 23.3 Å². The minimum atomic E-state index is -0.101. The van der Waals surface area contributed by atoms with Crippen LogP contribution in [-0.4, -0.2) is 21.2 Å². The number of aryl methyl sites for hydroxylation is 1. The Morgan fingerprint density at radius 2 is 1.83 bits per heavy atom. The Morgan fingerprint density at radius 1 is 1.10 bits per heavy atom. The Hall–Kier alpha value is -2.60. The third-order valence-electron chi connectivity index (χ3n) is 5.38. The Labute approximate surface area is 174 Å². The van der Waals surface area contributed by atoms with Gasteiger partial charge in [0.15, 0.2) is 5.16 Å². The second-order valence-electron chi connectivity index (χ2n) is 7.58. The van der Waals surface area contributed by atoms with Crippen LogP contribution in [0.25, 0.3) is 10.9 Å². The number of benzene rings is 2. The first-order valence-corrected chi connectivity index (χ1v) is 11.1. The Kier molecular flexibility index (Phi) is 6.00. The summed E-state index contributed by atoms with van der Waals surface area (Å²) in [5.74, 6) is 0.113. The SMILES string of the molecule is Cc1ccc(NC(=O)CSc2nc3ccccc3c(=O)n2C2CCCCC2)cc1. The van der Waals surface area contributed by atoms with Crippen molar-refractivity contribution in [2.45, 2.75) is 50.2 Å². The van der Waals surface area contributed by atoms with Crippen LogP contribution in [0.1, 0.15) is 43.7 Å². The number of carbonyl (C=O) groups is 1. The van der Waals surface area contributed by atoms with Crippen LogP contribution in [0.2, 0.25) is 0 Å². The third-order valence-corrected chi connectivity index (χ3v) is 6.34. The van der Waals surface area contributed by atoms with Crippen LogP contribution < -0.4 is 10.9 Å². The van der Waals surface area contributed by atoms with Gasteiger partial charge in [-0.2, -0.15) is 0 Å². The first kappa shape index (κ1) is 19.7. The van der Waals surface area contributed by atoms with E-state index in [1.165, 1.54) is 18.2 Å². The number of nitrogens with one attached hydrogen (secondary N) is 1. The predicted octanol–water partition coefficient (Wildman–Crippen LogP) is 4.94. The lowest BCUT2D eigenvalue weighted by molar-refractivity contribution is -0.113. The first-order chi connectivity index (χ1) is 14.1. The molecule has 0 bridgehead atoms. The van der Waals surface area contributed by atoms with E-state index in [0.29, 0.717) is 16.1 Å². The topological polar surface area (TPSA) is 64.0 Å². The summed E-state index contributed by atoms with van der Waals surface area (Å²) in [5, 5.41) is 4.20. The number of para-hydroxylation sites is 1. The number of carbonyl (C=O) groups excluding carboxylic acids is 1. The molecule has 5 nitrogen and oxygen atoms in total. The van der Waals surface area contributed by atoms with E-state index in [4.69, 9.17) is 4.98 Å². The van der Waals surface area contributed by atoms with Crippen LogP contribution >= 0.6 is 11.8 Å². The van der Waals surface area contributed by atoms with Crippen molar-refractivity contribution in [3.63, 3.8) is 0 Å². The predicted molar refractivity (Wildman–Crippen MR) is 119 cm³/mol. The molecular weight excluding hydrogens is 382 g/mol. The van der Waals surface area contributed by atoms with Gasteiger partial charge in [-0.1, -0.05) is 60.9 Å². The van der Waals surface area contributed by atoms with Gasteiger partial charge in [0.1, 0.15) is 0 Å². The maximum Gasteiger partial charge on any atom is 0.262 e. The van der Waals surface area contributed by atoms with E-state index < -0.39 is 0 Å². The van der Waals surface area contributed by atoms with Gasteiger partial charge in [-0.05, 0) is 44.0 Å². The zero-order valence-corrected chi connectivity index (χ0v) is 17.4. The third kappa shape index (κ3) is 4.53. The van der Waals surface area contributed by atoms with E-state index in [1.807, 2.05) is 60.0 Å². The summed E-state index contributed by atoms with van der Waals surface area (Å²) < 4.78 is 1.84. The number of hydrogen-bond acceptors (Lipinski definition) is 4. The Bertz CT molecular complexity index is 1070. The van der Waals surface area contributed by atoms with Crippen molar-refractivity contribution in [1.29, 1.82) is 0 Å². The van der Waals surface area contributed by atoms with Crippen molar-refractivity contribution in [3.05, 3.63) is 64.4 Å². The summed E-state index contributed by atoms with van der Waals surface area (Å²) in [6.45, 7) is 2.01. The van der Waals surface area contributed by atoms with E-state index in [9.17, 15) is 9.59 Å². The fourth-order valence-corrected chi connectivity index (χ4v) is 4.72. The van der Waals surface area contributed by atoms with Crippen molar-refractivity contribution < 1.29 is 4.79 Å². The zero-order chi connectivity index (χ0) is 20.2. The van der Waals surface area contributed by atoms with E-state index >= 15 is 0 Å². The van der Waals surface area contributed by atoms with Crippen molar-refractivity contribution in [2.75, 3.05) is 11.1 Å². The quantitative estimate of drug-likeness (QED) is 0.481. The lowest BCUT2D eigenvalue weighted by Crippen LogP contribution is -2.29. The highest BCUT2D eigenvalue weighted by atomic mass is 32.2. The average molecular weight is 408 g/mol. The van der Waals surface area contributed by atoms with Crippen LogP contribution in [0, 0.1) is 6.92 Å². The zero-order valence-electron chi connectivity index (χ0n) is 16.6. The standard InChI is InChI=1S/C23H25N3O2S/c1-16-11-13-17(14-12-16)24-21(27)15-29-23-25-20-10-6-5-9-19(20)22(28)26(23)18-7-3-2-4-8-18/h5-6,9-14,18H,2-4,7-8,15H2,1H3,(H,24,27). The van der Waals surface area contributed by atoms with Crippen LogP contribution in [0.5, 0.6) is 0 Å². The number of nitrogens with zero attached hydrogens (tertiary/aromatic N) is 2. The van der Waals surface area contributed by atoms with E-state index in [0.717, 1.165) is 36.9 Å². The molecule has 1 amide bonds. The maximum atomic E-state index is 13.2. The molecule has 0 spiro atoms. The average Bonchev–Trinajstić information content (AvgIpc) is 2.75. The molecule has 29 heavy (non-hydrogen) atoms. The molecule has 0 unspecified atom stereocenters. The number of rotatable bonds is 5. The molecule has 0 saturated heterocycles. The molecule has 3 aromatic rings. The number of fused-ring (bicyclic) bond motifs is 1. The molecule has 1 aromatic heterocycles. The second kappa shape index (κ2) is 8.82. The smallest absolute Gasteiger partial charge is 0.262 e. The summed E-state index contributed by atoms with van der Waals surface area (Å²) in [6, 6.07) is 15.3. The van der Waals surface area contributed by atoms with Gasteiger partial charge < -0.3 is 5.32 Å². The van der Waals surface area contributed by atoms with Crippen LogP contribution in [0.15, 0.2) is 58.5 Å². The van der Waals surface area contributed by atoms with Crippen molar-refractivity contribution in [3.8, 4) is 0 Å². The molecule has 4 rings (SSSR count). The molecule has 1 saturated carbocycles. The largest absolute Gasteiger partial charge is 0.325 e. The number of hydrogen-bond donors (Lipinski definition) is 1. The fraction of sp³-hybridized carbons (Fsp3) is 0.348. The monoisotopic (exact) mass is 407 g/mol. The molecule has 0 radical (unpaired) electrons. The Morgan fingerprint density at radius 3 is 2.59 bits per heavy atom. The lowest BCUT2D eigenvalue weighted by Gasteiger charge is -2.26. The number of thioether (sulfide) groups is 1. The van der Waals surface area contributed by atoms with Gasteiger partial charge in [0.05, 0.1) is 16.7 Å². The summed E-state index contributed by atoms with van der Waals surface area (Å²) in [4.78, 5) is 30.4. The van der Waals surface area contributed by atoms with Crippen LogP contribution in [-0.2, 0) is 4.79 Å². The van der Waals surface area contributed by atoms with Crippen molar-refractivity contribution >= 4 is 34.3 Å². The lowest BCUT2D eigenvalue weighted by atomic mass is 9.95. The van der Waals surface area contributed by atoms with Gasteiger partial charge in [-0.3, -0.25) is 14.2 Å². The van der Waals surface area contributed by atoms with Gasteiger partial charge >= 0.3 is 0 Å². The van der Waals surface area contributed by atoms with Crippen molar-refractivity contribution in [2.24, 2.45) is 0 Å². The normalized spacial score (nSPS) is 14.8. The fourth-order valence-electron chi connectivity index (χ4n) is 3.85. The Balaban J connectivity index is 1.59. The van der Waals surface area contributed by atoms with Gasteiger partial charge in [-0.15, -0.1) is 0 Å². The van der Waals surface area contributed by atoms with Crippen LogP contribution in [0.4, 0.5) is 5.69 Å². The molecule has 1 heterocycles. The number of amides is 1. The summed E-state index contributed by atoms with van der Waals surface area (Å²) in [5.41, 5.74) is 2.61. The molecule has 150 valence electrons. The molecule has 0 aliphatic heterocycles. The highest BCUT2D eigenvalue weighted by Gasteiger charge is 2.22. The highest BCUT2D eigenvalue weighted by Crippen LogP contribution is 2.31. The molecule has 6 heteroatoms. The van der Waals surface area contributed by atoms with Crippen LogP contribution in [0.3, 0.4) is 0 Å². The molecule has 1 fully saturated rings.